The molecule has 0 heterocycles. The van der Waals surface area contributed by atoms with E-state index in [2.05, 4.69) is 16.6 Å². The van der Waals surface area contributed by atoms with Gasteiger partial charge in [0.1, 0.15) is 5.75 Å². The van der Waals surface area contributed by atoms with Gasteiger partial charge in [0.2, 0.25) is 10.0 Å². The highest BCUT2D eigenvalue weighted by molar-refractivity contribution is 7.89. The standard InChI is InChI=1S/C16H14N2O5S/c1-23-15-9-7-13(8-10-15)4-3-11-17-24(21,22)16-6-2-5-14(12-16)18(19)20/h2,5-10,12,17H,11H2,1H3. The zero-order valence-corrected chi connectivity index (χ0v) is 13.5. The van der Waals surface area contributed by atoms with Crippen LogP contribution in [0.15, 0.2) is 53.4 Å². The Hall–Kier alpha value is -2.89. The smallest absolute Gasteiger partial charge is 0.270 e. The molecule has 0 aliphatic rings. The predicted molar refractivity (Wildman–Crippen MR) is 88.2 cm³/mol. The number of nitrogens with one attached hydrogen (secondary N) is 1. The van der Waals surface area contributed by atoms with Gasteiger partial charge in [-0.15, -0.1) is 0 Å². The van der Waals surface area contributed by atoms with E-state index >= 15 is 0 Å². The largest absolute Gasteiger partial charge is 0.497 e. The molecule has 0 atom stereocenters. The fraction of sp³-hybridized carbons (Fsp3) is 0.125. The average Bonchev–Trinajstić information content (AvgIpc) is 2.59. The topological polar surface area (TPSA) is 98.5 Å². The molecule has 2 aromatic rings. The van der Waals surface area contributed by atoms with Crippen molar-refractivity contribution in [3.63, 3.8) is 0 Å². The summed E-state index contributed by atoms with van der Waals surface area (Å²) in [5.41, 5.74) is 0.424. The normalized spacial score (nSPS) is 10.5. The highest BCUT2D eigenvalue weighted by atomic mass is 32.2. The summed E-state index contributed by atoms with van der Waals surface area (Å²) in [6.07, 6.45) is 0. The van der Waals surface area contributed by atoms with E-state index < -0.39 is 14.9 Å². The second kappa shape index (κ2) is 7.59. The average molecular weight is 346 g/mol. The number of ether oxygens (including phenoxy) is 1. The second-order valence-corrected chi connectivity index (χ2v) is 6.38. The third-order valence-corrected chi connectivity index (χ3v) is 4.41. The molecular weight excluding hydrogens is 332 g/mol. The molecule has 0 amide bonds. The molecule has 124 valence electrons. The molecule has 8 heteroatoms. The highest BCUT2D eigenvalue weighted by Crippen LogP contribution is 2.16. The van der Waals surface area contributed by atoms with Crippen molar-refractivity contribution >= 4 is 15.7 Å². The summed E-state index contributed by atoms with van der Waals surface area (Å²) in [4.78, 5) is 9.87. The quantitative estimate of drug-likeness (QED) is 0.507. The molecular formula is C16H14N2O5S. The summed E-state index contributed by atoms with van der Waals surface area (Å²) in [6, 6.07) is 11.8. The lowest BCUT2D eigenvalue weighted by Gasteiger charge is -2.03. The maximum Gasteiger partial charge on any atom is 0.270 e. The minimum Gasteiger partial charge on any atom is -0.497 e. The van der Waals surface area contributed by atoms with Crippen LogP contribution in [0.2, 0.25) is 0 Å². The number of nitro benzene ring substituents is 1. The lowest BCUT2D eigenvalue weighted by Crippen LogP contribution is -2.24. The Morgan fingerprint density at radius 2 is 1.92 bits per heavy atom. The first-order chi connectivity index (χ1) is 11.4. The van der Waals surface area contributed by atoms with Crippen LogP contribution in [-0.4, -0.2) is 27.0 Å². The van der Waals surface area contributed by atoms with E-state index in [0.29, 0.717) is 11.3 Å². The van der Waals surface area contributed by atoms with Gasteiger partial charge in [-0.1, -0.05) is 17.9 Å². The molecule has 7 nitrogen and oxygen atoms in total. The fourth-order valence-corrected chi connectivity index (χ4v) is 2.76. The fourth-order valence-electron chi connectivity index (χ4n) is 1.80. The molecule has 0 saturated carbocycles. The molecule has 0 aliphatic heterocycles. The summed E-state index contributed by atoms with van der Waals surface area (Å²) in [5, 5.41) is 10.7. The van der Waals surface area contributed by atoms with Gasteiger partial charge in [0.15, 0.2) is 0 Å². The van der Waals surface area contributed by atoms with Crippen molar-refractivity contribution in [3.05, 3.63) is 64.2 Å². The van der Waals surface area contributed by atoms with Crippen LogP contribution >= 0.6 is 0 Å². The van der Waals surface area contributed by atoms with Crippen LogP contribution in [0.4, 0.5) is 5.69 Å². The van der Waals surface area contributed by atoms with Gasteiger partial charge in [-0.2, -0.15) is 4.72 Å². The Bertz CT molecular complexity index is 896. The first-order valence-electron chi connectivity index (χ1n) is 6.79. The molecule has 0 aromatic heterocycles. The maximum atomic E-state index is 12.1. The third-order valence-electron chi connectivity index (χ3n) is 3.01. The minimum atomic E-state index is -3.86. The monoisotopic (exact) mass is 346 g/mol. The van der Waals surface area contributed by atoms with E-state index in [0.717, 1.165) is 6.07 Å². The molecule has 0 unspecified atom stereocenters. The van der Waals surface area contributed by atoms with Crippen LogP contribution in [0, 0.1) is 22.0 Å². The molecule has 0 fully saturated rings. The number of nitro groups is 1. The van der Waals surface area contributed by atoms with Crippen molar-refractivity contribution in [1.29, 1.82) is 0 Å². The summed E-state index contributed by atoms with van der Waals surface area (Å²) < 4.78 is 31.5. The number of non-ortho nitro benzene ring substituents is 1. The zero-order valence-electron chi connectivity index (χ0n) is 12.7. The van der Waals surface area contributed by atoms with Crippen molar-refractivity contribution in [1.82, 2.24) is 4.72 Å². The summed E-state index contributed by atoms with van der Waals surface area (Å²) in [5.74, 6) is 6.20. The zero-order chi connectivity index (χ0) is 17.6. The van der Waals surface area contributed by atoms with Crippen LogP contribution in [0.3, 0.4) is 0 Å². The van der Waals surface area contributed by atoms with Gasteiger partial charge in [-0.05, 0) is 30.3 Å². The minimum absolute atomic E-state index is 0.114. The molecule has 0 spiro atoms. The van der Waals surface area contributed by atoms with Crippen LogP contribution in [0.25, 0.3) is 0 Å². The summed E-state index contributed by atoms with van der Waals surface area (Å²) in [7, 11) is -2.30. The summed E-state index contributed by atoms with van der Waals surface area (Å²) >= 11 is 0. The van der Waals surface area contributed by atoms with Gasteiger partial charge in [-0.3, -0.25) is 10.1 Å². The van der Waals surface area contributed by atoms with E-state index in [4.69, 9.17) is 4.74 Å². The number of hydrogen-bond donors (Lipinski definition) is 1. The molecule has 0 saturated heterocycles. The lowest BCUT2D eigenvalue weighted by atomic mass is 10.2. The molecule has 0 bridgehead atoms. The number of hydrogen-bond acceptors (Lipinski definition) is 5. The Morgan fingerprint density at radius 3 is 2.54 bits per heavy atom. The van der Waals surface area contributed by atoms with E-state index in [1.807, 2.05) is 0 Å². The van der Waals surface area contributed by atoms with Crippen LogP contribution in [0.5, 0.6) is 5.75 Å². The van der Waals surface area contributed by atoms with Crippen molar-refractivity contribution < 1.29 is 18.1 Å². The Balaban J connectivity index is 2.04. The van der Waals surface area contributed by atoms with Crippen molar-refractivity contribution in [2.45, 2.75) is 4.90 Å². The number of sulfonamides is 1. The van der Waals surface area contributed by atoms with Crippen LogP contribution in [0.1, 0.15) is 5.56 Å². The van der Waals surface area contributed by atoms with E-state index in [9.17, 15) is 18.5 Å². The predicted octanol–water partition coefficient (Wildman–Crippen LogP) is 1.93. The number of benzene rings is 2. The summed E-state index contributed by atoms with van der Waals surface area (Å²) in [6.45, 7) is -0.114. The van der Waals surface area contributed by atoms with E-state index in [1.165, 1.54) is 18.2 Å². The first kappa shape index (κ1) is 17.5. The Morgan fingerprint density at radius 1 is 1.21 bits per heavy atom. The van der Waals surface area contributed by atoms with E-state index in [-0.39, 0.29) is 17.1 Å². The van der Waals surface area contributed by atoms with Crippen molar-refractivity contribution in [2.24, 2.45) is 0 Å². The molecule has 0 aliphatic carbocycles. The van der Waals surface area contributed by atoms with Gasteiger partial charge in [0, 0.05) is 17.7 Å². The van der Waals surface area contributed by atoms with Crippen molar-refractivity contribution in [2.75, 3.05) is 13.7 Å². The van der Waals surface area contributed by atoms with Crippen LogP contribution < -0.4 is 9.46 Å². The second-order valence-electron chi connectivity index (χ2n) is 4.61. The molecule has 1 N–H and O–H groups in total. The Kier molecular flexibility index (Phi) is 5.52. The maximum absolute atomic E-state index is 12.1. The third kappa shape index (κ3) is 4.55. The number of rotatable bonds is 5. The van der Waals surface area contributed by atoms with Crippen LogP contribution in [-0.2, 0) is 10.0 Å². The van der Waals surface area contributed by atoms with Gasteiger partial charge < -0.3 is 4.74 Å². The SMILES string of the molecule is COc1ccc(C#CCNS(=O)(=O)c2cccc([N+](=O)[O-])c2)cc1. The first-order valence-corrected chi connectivity index (χ1v) is 8.28. The number of nitrogens with zero attached hydrogens (tertiary/aromatic N) is 1. The van der Waals surface area contributed by atoms with Gasteiger partial charge in [0.05, 0.1) is 23.5 Å². The molecule has 2 aromatic carbocycles. The van der Waals surface area contributed by atoms with Gasteiger partial charge in [0.25, 0.3) is 5.69 Å². The van der Waals surface area contributed by atoms with E-state index in [1.54, 1.807) is 31.4 Å². The molecule has 2 rings (SSSR count). The Labute approximate surface area is 139 Å². The molecule has 24 heavy (non-hydrogen) atoms. The lowest BCUT2D eigenvalue weighted by molar-refractivity contribution is -0.385. The van der Waals surface area contributed by atoms with Gasteiger partial charge >= 0.3 is 0 Å². The number of methoxy groups -OCH3 is 1. The highest BCUT2D eigenvalue weighted by Gasteiger charge is 2.16. The molecule has 0 radical (unpaired) electrons. The van der Waals surface area contributed by atoms with Gasteiger partial charge in [-0.25, -0.2) is 8.42 Å². The van der Waals surface area contributed by atoms with Crippen molar-refractivity contribution in [3.8, 4) is 17.6 Å².